The summed E-state index contributed by atoms with van der Waals surface area (Å²) in [7, 11) is 3.42. The third-order valence-corrected chi connectivity index (χ3v) is 5.25. The Morgan fingerprint density at radius 1 is 1.22 bits per heavy atom. The van der Waals surface area contributed by atoms with Gasteiger partial charge in [0.15, 0.2) is 0 Å². The van der Waals surface area contributed by atoms with Crippen molar-refractivity contribution in [2.75, 3.05) is 26.0 Å². The van der Waals surface area contributed by atoms with Crippen molar-refractivity contribution in [2.45, 2.75) is 51.1 Å². The van der Waals surface area contributed by atoms with Crippen LogP contribution >= 0.6 is 12.4 Å². The third kappa shape index (κ3) is 5.36. The molecule has 27 heavy (non-hydrogen) atoms. The first-order chi connectivity index (χ1) is 12.5. The second-order valence-electron chi connectivity index (χ2n) is 7.57. The maximum absolute atomic E-state index is 12.6. The van der Waals surface area contributed by atoms with Gasteiger partial charge in [0.05, 0.1) is 12.3 Å². The molecule has 2 fully saturated rings. The summed E-state index contributed by atoms with van der Waals surface area (Å²) in [6.07, 6.45) is 5.12. The minimum Gasteiger partial charge on any atom is -0.492 e. The van der Waals surface area contributed by atoms with Crippen LogP contribution in [0.2, 0.25) is 0 Å². The van der Waals surface area contributed by atoms with Crippen LogP contribution in [0.5, 0.6) is 5.75 Å². The number of nitrogens with zero attached hydrogens (tertiary/aromatic N) is 1. The molecule has 1 aromatic carbocycles. The Labute approximate surface area is 167 Å². The second-order valence-corrected chi connectivity index (χ2v) is 7.57. The summed E-state index contributed by atoms with van der Waals surface area (Å²) in [6.45, 7) is 2.40. The zero-order chi connectivity index (χ0) is 18.7. The number of ether oxygens (including phenoxy) is 1. The highest BCUT2D eigenvalue weighted by molar-refractivity contribution is 5.98. The molecular weight excluding hydrogens is 366 g/mol. The Morgan fingerprint density at radius 2 is 1.89 bits per heavy atom. The van der Waals surface area contributed by atoms with E-state index in [1.807, 2.05) is 6.92 Å². The Hall–Kier alpha value is -1.79. The van der Waals surface area contributed by atoms with Crippen LogP contribution in [0.4, 0.5) is 5.69 Å². The number of benzene rings is 1. The van der Waals surface area contributed by atoms with Crippen LogP contribution < -0.4 is 15.4 Å². The van der Waals surface area contributed by atoms with Gasteiger partial charge < -0.3 is 20.3 Å². The highest BCUT2D eigenvalue weighted by Crippen LogP contribution is 2.33. The van der Waals surface area contributed by atoms with Crippen molar-refractivity contribution in [1.29, 1.82) is 0 Å². The lowest BCUT2D eigenvalue weighted by Crippen LogP contribution is -2.39. The number of anilines is 1. The lowest BCUT2D eigenvalue weighted by atomic mass is 9.89. The minimum atomic E-state index is -0.0986. The molecule has 2 aliphatic heterocycles. The SMILES string of the molecule is CCOc1ccc(C(=O)N(C)C)cc1NC(=O)CC1CC2CCC(C1)N2.Cl. The standard InChI is InChI=1S/C20H29N3O3.ClH/c1-4-26-18-8-5-14(20(25)23(2)3)12-17(18)22-19(24)11-13-9-15-6-7-16(10-13)21-15;/h5,8,12-13,15-16,21H,4,6-7,9-11H2,1-3H3,(H,22,24);1H. The molecule has 2 aliphatic rings. The van der Waals surface area contributed by atoms with Crippen LogP contribution in [0.25, 0.3) is 0 Å². The Balaban J connectivity index is 0.00000261. The quantitative estimate of drug-likeness (QED) is 0.776. The molecule has 0 spiro atoms. The molecule has 0 saturated carbocycles. The Kier molecular flexibility index (Phi) is 7.50. The van der Waals surface area contributed by atoms with E-state index < -0.39 is 0 Å². The Morgan fingerprint density at radius 3 is 2.48 bits per heavy atom. The van der Waals surface area contributed by atoms with Crippen molar-refractivity contribution in [2.24, 2.45) is 5.92 Å². The highest BCUT2D eigenvalue weighted by atomic mass is 35.5. The van der Waals surface area contributed by atoms with Gasteiger partial charge in [0.25, 0.3) is 5.91 Å². The molecule has 2 amide bonds. The molecule has 0 aliphatic carbocycles. The second kappa shape index (κ2) is 9.42. The number of carbonyl (C=O) groups excluding carboxylic acids is 2. The smallest absolute Gasteiger partial charge is 0.253 e. The monoisotopic (exact) mass is 395 g/mol. The average molecular weight is 396 g/mol. The van der Waals surface area contributed by atoms with E-state index >= 15 is 0 Å². The summed E-state index contributed by atoms with van der Waals surface area (Å²) in [5, 5.41) is 6.58. The summed E-state index contributed by atoms with van der Waals surface area (Å²) in [5.41, 5.74) is 1.11. The fourth-order valence-corrected chi connectivity index (χ4v) is 4.11. The first-order valence-electron chi connectivity index (χ1n) is 9.50. The van der Waals surface area contributed by atoms with Gasteiger partial charge in [0, 0.05) is 38.2 Å². The van der Waals surface area contributed by atoms with Gasteiger partial charge in [-0.1, -0.05) is 0 Å². The topological polar surface area (TPSA) is 70.7 Å². The van der Waals surface area contributed by atoms with E-state index in [0.717, 1.165) is 12.8 Å². The zero-order valence-corrected chi connectivity index (χ0v) is 17.1. The van der Waals surface area contributed by atoms with Gasteiger partial charge in [-0.3, -0.25) is 9.59 Å². The molecule has 2 N–H and O–H groups in total. The van der Waals surface area contributed by atoms with E-state index in [0.29, 0.717) is 48.0 Å². The van der Waals surface area contributed by atoms with Crippen molar-refractivity contribution in [1.82, 2.24) is 10.2 Å². The Bertz CT molecular complexity index is 668. The van der Waals surface area contributed by atoms with Crippen LogP contribution in [0.1, 0.15) is 49.4 Å². The molecule has 2 heterocycles. The van der Waals surface area contributed by atoms with E-state index in [2.05, 4.69) is 10.6 Å². The third-order valence-electron chi connectivity index (χ3n) is 5.25. The molecule has 2 bridgehead atoms. The molecular formula is C20H30ClN3O3. The summed E-state index contributed by atoms with van der Waals surface area (Å²) in [4.78, 5) is 26.3. The number of hydrogen-bond acceptors (Lipinski definition) is 4. The number of fused-ring (bicyclic) bond motifs is 2. The first kappa shape index (κ1) is 21.5. The van der Waals surface area contributed by atoms with Crippen LogP contribution in [0.3, 0.4) is 0 Å². The first-order valence-corrected chi connectivity index (χ1v) is 9.50. The predicted molar refractivity (Wildman–Crippen MR) is 109 cm³/mol. The maximum atomic E-state index is 12.6. The van der Waals surface area contributed by atoms with Gasteiger partial charge in [0.1, 0.15) is 5.75 Å². The van der Waals surface area contributed by atoms with E-state index in [1.54, 1.807) is 32.3 Å². The van der Waals surface area contributed by atoms with Crippen LogP contribution in [-0.4, -0.2) is 49.5 Å². The fraction of sp³-hybridized carbons (Fsp3) is 0.600. The summed E-state index contributed by atoms with van der Waals surface area (Å²) >= 11 is 0. The predicted octanol–water partition coefficient (Wildman–Crippen LogP) is 3.07. The van der Waals surface area contributed by atoms with Crippen LogP contribution in [0, 0.1) is 5.92 Å². The molecule has 0 aromatic heterocycles. The van der Waals surface area contributed by atoms with Gasteiger partial charge in [-0.05, 0) is 56.7 Å². The molecule has 2 unspecified atom stereocenters. The average Bonchev–Trinajstić information content (AvgIpc) is 2.94. The molecule has 2 saturated heterocycles. The summed E-state index contributed by atoms with van der Waals surface area (Å²) < 4.78 is 5.62. The highest BCUT2D eigenvalue weighted by Gasteiger charge is 2.34. The summed E-state index contributed by atoms with van der Waals surface area (Å²) in [6, 6.07) is 6.34. The van der Waals surface area contributed by atoms with Gasteiger partial charge >= 0.3 is 0 Å². The number of nitrogens with one attached hydrogen (secondary N) is 2. The van der Waals surface area contributed by atoms with E-state index in [-0.39, 0.29) is 24.2 Å². The largest absolute Gasteiger partial charge is 0.492 e. The maximum Gasteiger partial charge on any atom is 0.253 e. The number of carbonyl (C=O) groups is 2. The van der Waals surface area contributed by atoms with Crippen LogP contribution in [0.15, 0.2) is 18.2 Å². The van der Waals surface area contributed by atoms with Gasteiger partial charge in [0.2, 0.25) is 5.91 Å². The van der Waals surface area contributed by atoms with Gasteiger partial charge in [-0.15, -0.1) is 12.4 Å². The fourth-order valence-electron chi connectivity index (χ4n) is 4.11. The van der Waals surface area contributed by atoms with E-state index in [9.17, 15) is 9.59 Å². The molecule has 2 atom stereocenters. The van der Waals surface area contributed by atoms with Crippen molar-refractivity contribution in [3.05, 3.63) is 23.8 Å². The molecule has 0 radical (unpaired) electrons. The van der Waals surface area contributed by atoms with Crippen LogP contribution in [-0.2, 0) is 4.79 Å². The zero-order valence-electron chi connectivity index (χ0n) is 16.3. The summed E-state index contributed by atoms with van der Waals surface area (Å²) in [5.74, 6) is 0.919. The molecule has 3 rings (SSSR count). The lowest BCUT2D eigenvalue weighted by molar-refractivity contribution is -0.117. The number of rotatable bonds is 6. The van der Waals surface area contributed by atoms with Gasteiger partial charge in [-0.2, -0.15) is 0 Å². The number of halogens is 1. The molecule has 1 aromatic rings. The molecule has 6 nitrogen and oxygen atoms in total. The minimum absolute atomic E-state index is 0. The van der Waals surface area contributed by atoms with Crippen molar-refractivity contribution < 1.29 is 14.3 Å². The number of hydrogen-bond donors (Lipinski definition) is 2. The van der Waals surface area contributed by atoms with E-state index in [4.69, 9.17) is 4.74 Å². The van der Waals surface area contributed by atoms with Crippen molar-refractivity contribution in [3.8, 4) is 5.75 Å². The molecule has 150 valence electrons. The van der Waals surface area contributed by atoms with Gasteiger partial charge in [-0.25, -0.2) is 0 Å². The normalized spacial score (nSPS) is 23.3. The van der Waals surface area contributed by atoms with Crippen molar-refractivity contribution in [3.63, 3.8) is 0 Å². The number of piperidine rings is 1. The van der Waals surface area contributed by atoms with E-state index in [1.165, 1.54) is 17.7 Å². The van der Waals surface area contributed by atoms with Crippen molar-refractivity contribution >= 4 is 29.9 Å². The lowest BCUT2D eigenvalue weighted by Gasteiger charge is -2.28. The molecule has 7 heteroatoms. The number of amides is 2.